The highest BCUT2D eigenvalue weighted by Crippen LogP contribution is 2.15. The van der Waals surface area contributed by atoms with Gasteiger partial charge in [0.25, 0.3) is 0 Å². The SMILES string of the molecule is CC(C)(N)c1ccc(N)nc1. The zero-order chi connectivity index (χ0) is 8.48. The molecule has 0 bridgehead atoms. The van der Waals surface area contributed by atoms with Crippen LogP contribution in [0.1, 0.15) is 19.4 Å². The maximum absolute atomic E-state index is 5.83. The first-order valence-electron chi connectivity index (χ1n) is 3.51. The minimum atomic E-state index is -0.333. The number of nitrogens with two attached hydrogens (primary N) is 2. The summed E-state index contributed by atoms with van der Waals surface area (Å²) in [6.45, 7) is 3.86. The molecule has 1 heterocycles. The minimum absolute atomic E-state index is 0.333. The van der Waals surface area contributed by atoms with Crippen LogP contribution < -0.4 is 11.5 Å². The Kier molecular flexibility index (Phi) is 1.83. The monoisotopic (exact) mass is 151 g/mol. The molecule has 0 aliphatic carbocycles. The molecule has 0 atom stereocenters. The maximum atomic E-state index is 5.83. The first-order valence-corrected chi connectivity index (χ1v) is 3.51. The molecule has 1 aromatic rings. The molecule has 11 heavy (non-hydrogen) atoms. The van der Waals surface area contributed by atoms with Gasteiger partial charge in [0.2, 0.25) is 0 Å². The van der Waals surface area contributed by atoms with Gasteiger partial charge in [-0.25, -0.2) is 4.98 Å². The average Bonchev–Trinajstić information content (AvgIpc) is 1.86. The van der Waals surface area contributed by atoms with Crippen LogP contribution >= 0.6 is 0 Å². The third kappa shape index (κ3) is 1.91. The molecule has 3 nitrogen and oxygen atoms in total. The molecule has 0 aliphatic rings. The predicted molar refractivity (Wildman–Crippen MR) is 45.9 cm³/mol. The van der Waals surface area contributed by atoms with Crippen molar-refractivity contribution >= 4 is 5.82 Å². The molecule has 1 rings (SSSR count). The summed E-state index contributed by atoms with van der Waals surface area (Å²) in [4.78, 5) is 3.94. The van der Waals surface area contributed by atoms with Crippen molar-refractivity contribution in [3.63, 3.8) is 0 Å². The van der Waals surface area contributed by atoms with Gasteiger partial charge in [-0.05, 0) is 25.5 Å². The van der Waals surface area contributed by atoms with Crippen LogP contribution in [0, 0.1) is 0 Å². The van der Waals surface area contributed by atoms with Crippen molar-refractivity contribution < 1.29 is 0 Å². The molecule has 0 spiro atoms. The molecule has 1 aromatic heterocycles. The summed E-state index contributed by atoms with van der Waals surface area (Å²) in [5.41, 5.74) is 11.9. The molecule has 0 aromatic carbocycles. The van der Waals surface area contributed by atoms with Gasteiger partial charge in [-0.1, -0.05) is 6.07 Å². The molecule has 3 heteroatoms. The fraction of sp³-hybridized carbons (Fsp3) is 0.375. The fourth-order valence-corrected chi connectivity index (χ4v) is 0.786. The average molecular weight is 151 g/mol. The number of pyridine rings is 1. The van der Waals surface area contributed by atoms with Gasteiger partial charge in [-0.15, -0.1) is 0 Å². The van der Waals surface area contributed by atoms with Gasteiger partial charge in [0.05, 0.1) is 0 Å². The van der Waals surface area contributed by atoms with Crippen LogP contribution in [0.15, 0.2) is 18.3 Å². The summed E-state index contributed by atoms with van der Waals surface area (Å²) < 4.78 is 0. The number of nitrogen functional groups attached to an aromatic ring is 1. The topological polar surface area (TPSA) is 64.9 Å². The number of hydrogen-bond donors (Lipinski definition) is 2. The minimum Gasteiger partial charge on any atom is -0.384 e. The van der Waals surface area contributed by atoms with Gasteiger partial charge in [-0.3, -0.25) is 0 Å². The number of anilines is 1. The Hall–Kier alpha value is -1.09. The zero-order valence-electron chi connectivity index (χ0n) is 6.83. The maximum Gasteiger partial charge on any atom is 0.123 e. The lowest BCUT2D eigenvalue weighted by molar-refractivity contribution is 0.552. The Labute approximate surface area is 66.4 Å². The zero-order valence-corrected chi connectivity index (χ0v) is 6.83. The Morgan fingerprint density at radius 1 is 1.36 bits per heavy atom. The van der Waals surface area contributed by atoms with Crippen molar-refractivity contribution in [3.8, 4) is 0 Å². The van der Waals surface area contributed by atoms with E-state index in [4.69, 9.17) is 11.5 Å². The normalized spacial score (nSPS) is 11.5. The molecule has 0 saturated heterocycles. The van der Waals surface area contributed by atoms with Crippen LogP contribution in [0.3, 0.4) is 0 Å². The highest BCUT2D eigenvalue weighted by atomic mass is 14.8. The standard InChI is InChI=1S/C8H13N3/c1-8(2,10)6-3-4-7(9)11-5-6/h3-5H,10H2,1-2H3,(H2,9,11). The van der Waals surface area contributed by atoms with Crippen LogP contribution in [0.5, 0.6) is 0 Å². The smallest absolute Gasteiger partial charge is 0.123 e. The molecule has 0 radical (unpaired) electrons. The third-order valence-electron chi connectivity index (χ3n) is 1.53. The molecule has 60 valence electrons. The highest BCUT2D eigenvalue weighted by molar-refractivity contribution is 5.31. The summed E-state index contributed by atoms with van der Waals surface area (Å²) >= 11 is 0. The Balaban J connectivity index is 2.99. The van der Waals surface area contributed by atoms with Crippen molar-refractivity contribution in [2.45, 2.75) is 19.4 Å². The summed E-state index contributed by atoms with van der Waals surface area (Å²) in [6.07, 6.45) is 1.70. The van der Waals surface area contributed by atoms with E-state index in [2.05, 4.69) is 4.98 Å². The molecule has 0 unspecified atom stereocenters. The summed E-state index contributed by atoms with van der Waals surface area (Å²) in [6, 6.07) is 3.65. The van der Waals surface area contributed by atoms with Crippen LogP contribution in [0.25, 0.3) is 0 Å². The van der Waals surface area contributed by atoms with Crippen molar-refractivity contribution in [2.24, 2.45) is 5.73 Å². The van der Waals surface area contributed by atoms with Gasteiger partial charge in [0.1, 0.15) is 5.82 Å². The predicted octanol–water partition coefficient (Wildman–Crippen LogP) is 0.858. The molecule has 0 amide bonds. The molecular weight excluding hydrogens is 138 g/mol. The third-order valence-corrected chi connectivity index (χ3v) is 1.53. The molecule has 0 fully saturated rings. The van der Waals surface area contributed by atoms with Gasteiger partial charge < -0.3 is 11.5 Å². The number of rotatable bonds is 1. The van der Waals surface area contributed by atoms with E-state index in [0.717, 1.165) is 5.56 Å². The molecule has 0 saturated carbocycles. The van der Waals surface area contributed by atoms with Crippen LogP contribution in [0.2, 0.25) is 0 Å². The van der Waals surface area contributed by atoms with Crippen molar-refractivity contribution in [1.82, 2.24) is 4.98 Å². The Morgan fingerprint density at radius 3 is 2.36 bits per heavy atom. The van der Waals surface area contributed by atoms with Crippen LogP contribution in [-0.2, 0) is 5.54 Å². The fourth-order valence-electron chi connectivity index (χ4n) is 0.786. The van der Waals surface area contributed by atoms with Gasteiger partial charge >= 0.3 is 0 Å². The van der Waals surface area contributed by atoms with Gasteiger partial charge in [0.15, 0.2) is 0 Å². The Bertz CT molecular complexity index is 233. The second kappa shape index (κ2) is 2.51. The lowest BCUT2D eigenvalue weighted by atomic mass is 9.98. The van der Waals surface area contributed by atoms with Crippen molar-refractivity contribution in [3.05, 3.63) is 23.9 Å². The number of hydrogen-bond acceptors (Lipinski definition) is 3. The van der Waals surface area contributed by atoms with Crippen molar-refractivity contribution in [1.29, 1.82) is 0 Å². The first-order chi connectivity index (χ1) is 5.00. The van der Waals surface area contributed by atoms with Crippen LogP contribution in [0.4, 0.5) is 5.82 Å². The van der Waals surface area contributed by atoms with E-state index in [1.807, 2.05) is 19.9 Å². The molecular formula is C8H13N3. The molecule has 0 aliphatic heterocycles. The van der Waals surface area contributed by atoms with E-state index in [0.29, 0.717) is 5.82 Å². The van der Waals surface area contributed by atoms with E-state index in [-0.39, 0.29) is 5.54 Å². The van der Waals surface area contributed by atoms with Gasteiger partial charge in [-0.2, -0.15) is 0 Å². The Morgan fingerprint density at radius 2 is 2.00 bits per heavy atom. The lowest BCUT2D eigenvalue weighted by Crippen LogP contribution is -2.28. The van der Waals surface area contributed by atoms with Crippen molar-refractivity contribution in [2.75, 3.05) is 5.73 Å². The summed E-state index contributed by atoms with van der Waals surface area (Å²) in [7, 11) is 0. The first kappa shape index (κ1) is 8.01. The van der Waals surface area contributed by atoms with E-state index < -0.39 is 0 Å². The van der Waals surface area contributed by atoms with E-state index >= 15 is 0 Å². The molecule has 4 N–H and O–H groups in total. The van der Waals surface area contributed by atoms with E-state index in [9.17, 15) is 0 Å². The quantitative estimate of drug-likeness (QED) is 0.625. The second-order valence-corrected chi connectivity index (χ2v) is 3.19. The van der Waals surface area contributed by atoms with Gasteiger partial charge in [0, 0.05) is 11.7 Å². The largest absolute Gasteiger partial charge is 0.384 e. The summed E-state index contributed by atoms with van der Waals surface area (Å²) in [5, 5.41) is 0. The second-order valence-electron chi connectivity index (χ2n) is 3.19. The summed E-state index contributed by atoms with van der Waals surface area (Å²) in [5.74, 6) is 0.526. The number of nitrogens with zero attached hydrogens (tertiary/aromatic N) is 1. The lowest BCUT2D eigenvalue weighted by Gasteiger charge is -2.18. The number of aromatic nitrogens is 1. The van der Waals surface area contributed by atoms with E-state index in [1.54, 1.807) is 12.3 Å². The van der Waals surface area contributed by atoms with E-state index in [1.165, 1.54) is 0 Å². The van der Waals surface area contributed by atoms with Crippen LogP contribution in [-0.4, -0.2) is 4.98 Å². The highest BCUT2D eigenvalue weighted by Gasteiger charge is 2.13.